The standard InChI is InChI=1S/C15H16F3N3O3/c1-15(2,3)10(12-20-14(23)24-21-12)19-13(22)7-4-5-8(11(17)18)9(16)6-7/h4-6,10-11H,1-3H3,(H,19,22)(H,20,21,23). The smallest absolute Gasteiger partial charge is 0.341 e. The first-order chi connectivity index (χ1) is 11.1. The maximum atomic E-state index is 13.6. The topological polar surface area (TPSA) is 88.0 Å². The molecule has 9 heteroatoms. The predicted octanol–water partition coefficient (Wildman–Crippen LogP) is 2.96. The summed E-state index contributed by atoms with van der Waals surface area (Å²) in [6.45, 7) is 5.35. The van der Waals surface area contributed by atoms with Gasteiger partial charge in [0.05, 0.1) is 11.6 Å². The summed E-state index contributed by atoms with van der Waals surface area (Å²) in [5, 5.41) is 6.15. The molecule has 130 valence electrons. The van der Waals surface area contributed by atoms with Crippen molar-refractivity contribution in [3.05, 3.63) is 51.5 Å². The van der Waals surface area contributed by atoms with Gasteiger partial charge in [-0.2, -0.15) is 0 Å². The number of H-pyrrole nitrogens is 1. The van der Waals surface area contributed by atoms with Gasteiger partial charge in [-0.1, -0.05) is 25.9 Å². The lowest BCUT2D eigenvalue weighted by Gasteiger charge is -2.29. The fourth-order valence-corrected chi connectivity index (χ4v) is 2.12. The van der Waals surface area contributed by atoms with Crippen molar-refractivity contribution in [1.82, 2.24) is 15.5 Å². The fourth-order valence-electron chi connectivity index (χ4n) is 2.12. The van der Waals surface area contributed by atoms with E-state index in [-0.39, 0.29) is 11.4 Å². The highest BCUT2D eigenvalue weighted by Crippen LogP contribution is 2.31. The second-order valence-electron chi connectivity index (χ2n) is 6.29. The number of nitrogens with zero attached hydrogens (tertiary/aromatic N) is 1. The second kappa shape index (κ2) is 6.50. The van der Waals surface area contributed by atoms with E-state index in [1.54, 1.807) is 20.8 Å². The van der Waals surface area contributed by atoms with E-state index >= 15 is 0 Å². The highest BCUT2D eigenvalue weighted by atomic mass is 19.3. The number of carbonyl (C=O) groups is 1. The third kappa shape index (κ3) is 3.84. The van der Waals surface area contributed by atoms with Gasteiger partial charge >= 0.3 is 5.76 Å². The zero-order chi connectivity index (χ0) is 18.1. The molecule has 0 aliphatic heterocycles. The van der Waals surface area contributed by atoms with Crippen LogP contribution in [0.5, 0.6) is 0 Å². The van der Waals surface area contributed by atoms with Gasteiger partial charge < -0.3 is 5.32 Å². The molecule has 24 heavy (non-hydrogen) atoms. The van der Waals surface area contributed by atoms with Crippen LogP contribution in [0.2, 0.25) is 0 Å². The first-order valence-electron chi connectivity index (χ1n) is 7.04. The molecule has 1 heterocycles. The minimum absolute atomic E-state index is 0.102. The predicted molar refractivity (Wildman–Crippen MR) is 78.1 cm³/mol. The van der Waals surface area contributed by atoms with E-state index in [1.807, 2.05) is 0 Å². The van der Waals surface area contributed by atoms with Gasteiger partial charge in [0.15, 0.2) is 5.82 Å². The summed E-state index contributed by atoms with van der Waals surface area (Å²) in [4.78, 5) is 25.8. The average Bonchev–Trinajstić information content (AvgIpc) is 2.88. The normalized spacial score (nSPS) is 13.1. The number of hydrogen-bond donors (Lipinski definition) is 2. The van der Waals surface area contributed by atoms with Gasteiger partial charge in [-0.05, 0) is 23.6 Å². The van der Waals surface area contributed by atoms with Crippen molar-refractivity contribution in [2.75, 3.05) is 0 Å². The molecule has 1 unspecified atom stereocenters. The van der Waals surface area contributed by atoms with E-state index in [0.29, 0.717) is 0 Å². The molecular weight excluding hydrogens is 327 g/mol. The molecule has 0 aliphatic carbocycles. The fraction of sp³-hybridized carbons (Fsp3) is 0.400. The molecule has 6 nitrogen and oxygen atoms in total. The van der Waals surface area contributed by atoms with Crippen molar-refractivity contribution in [3.8, 4) is 0 Å². The van der Waals surface area contributed by atoms with Gasteiger partial charge in [0.25, 0.3) is 12.3 Å². The largest absolute Gasteiger partial charge is 0.438 e. The Morgan fingerprint density at radius 3 is 2.46 bits per heavy atom. The Kier molecular flexibility index (Phi) is 4.81. The molecule has 0 radical (unpaired) electrons. The third-order valence-corrected chi connectivity index (χ3v) is 3.37. The van der Waals surface area contributed by atoms with E-state index in [9.17, 15) is 22.8 Å². The molecule has 0 saturated heterocycles. The number of aromatic amines is 1. The first kappa shape index (κ1) is 17.8. The number of amides is 1. The second-order valence-corrected chi connectivity index (χ2v) is 6.29. The number of aromatic nitrogens is 2. The van der Waals surface area contributed by atoms with Crippen LogP contribution in [0, 0.1) is 11.2 Å². The molecule has 1 amide bonds. The molecule has 2 N–H and O–H groups in total. The Balaban J connectivity index is 2.28. The van der Waals surface area contributed by atoms with E-state index in [1.165, 1.54) is 0 Å². The van der Waals surface area contributed by atoms with E-state index in [0.717, 1.165) is 18.2 Å². The Labute approximate surface area is 135 Å². The highest BCUT2D eigenvalue weighted by molar-refractivity contribution is 5.94. The van der Waals surface area contributed by atoms with Gasteiger partial charge in [-0.3, -0.25) is 14.3 Å². The van der Waals surface area contributed by atoms with Gasteiger partial charge in [0, 0.05) is 5.56 Å². The lowest BCUT2D eigenvalue weighted by Crippen LogP contribution is -2.37. The van der Waals surface area contributed by atoms with E-state index in [2.05, 4.69) is 20.0 Å². The summed E-state index contributed by atoms with van der Waals surface area (Å²) in [7, 11) is 0. The molecule has 0 aliphatic rings. The van der Waals surface area contributed by atoms with E-state index < -0.39 is 40.9 Å². The van der Waals surface area contributed by atoms with Gasteiger partial charge in [-0.15, -0.1) is 0 Å². The van der Waals surface area contributed by atoms with Crippen LogP contribution in [-0.4, -0.2) is 16.0 Å². The summed E-state index contributed by atoms with van der Waals surface area (Å²) in [6, 6.07) is 1.96. The minimum Gasteiger partial charge on any atom is -0.341 e. The Morgan fingerprint density at radius 1 is 1.33 bits per heavy atom. The molecule has 0 fully saturated rings. The molecule has 2 rings (SSSR count). The van der Waals surface area contributed by atoms with Crippen LogP contribution in [0.4, 0.5) is 13.2 Å². The molecule has 2 aromatic rings. The quantitative estimate of drug-likeness (QED) is 0.893. The summed E-state index contributed by atoms with van der Waals surface area (Å²) >= 11 is 0. The summed E-state index contributed by atoms with van der Waals surface area (Å²) < 4.78 is 43.2. The van der Waals surface area contributed by atoms with Crippen molar-refractivity contribution in [3.63, 3.8) is 0 Å². The van der Waals surface area contributed by atoms with Gasteiger partial charge in [0.1, 0.15) is 5.82 Å². The van der Waals surface area contributed by atoms with Crippen LogP contribution in [0.3, 0.4) is 0 Å². The number of benzene rings is 1. The number of alkyl halides is 2. The Morgan fingerprint density at radius 2 is 2.00 bits per heavy atom. The maximum Gasteiger partial charge on any atom is 0.438 e. The lowest BCUT2D eigenvalue weighted by atomic mass is 9.86. The van der Waals surface area contributed by atoms with Crippen LogP contribution in [0.25, 0.3) is 0 Å². The summed E-state index contributed by atoms with van der Waals surface area (Å²) in [6.07, 6.45) is -2.97. The highest BCUT2D eigenvalue weighted by Gasteiger charge is 2.31. The lowest BCUT2D eigenvalue weighted by molar-refractivity contribution is 0.0895. The minimum atomic E-state index is -2.97. The van der Waals surface area contributed by atoms with Crippen molar-refractivity contribution < 1.29 is 22.5 Å². The van der Waals surface area contributed by atoms with Crippen molar-refractivity contribution in [1.29, 1.82) is 0 Å². The van der Waals surface area contributed by atoms with Gasteiger partial charge in [0.2, 0.25) is 0 Å². The SMILES string of the molecule is CC(C)(C)C(NC(=O)c1ccc(C(F)F)c(F)c1)c1noc(=O)[nH]1. The molecule has 1 aromatic carbocycles. The molecule has 1 aromatic heterocycles. The van der Waals surface area contributed by atoms with Crippen molar-refractivity contribution in [2.24, 2.45) is 5.41 Å². The number of hydrogen-bond acceptors (Lipinski definition) is 4. The average molecular weight is 343 g/mol. The first-order valence-corrected chi connectivity index (χ1v) is 7.04. The molecule has 0 bridgehead atoms. The van der Waals surface area contributed by atoms with Crippen LogP contribution in [0.1, 0.15) is 55.0 Å². The summed E-state index contributed by atoms with van der Waals surface area (Å²) in [5.41, 5.74) is -1.46. The number of rotatable bonds is 4. The zero-order valence-corrected chi connectivity index (χ0v) is 13.2. The number of nitrogens with one attached hydrogen (secondary N) is 2. The van der Waals surface area contributed by atoms with Crippen molar-refractivity contribution >= 4 is 5.91 Å². The van der Waals surface area contributed by atoms with Crippen molar-refractivity contribution in [2.45, 2.75) is 33.2 Å². The summed E-state index contributed by atoms with van der Waals surface area (Å²) in [5.74, 6) is -2.54. The van der Waals surface area contributed by atoms with Crippen LogP contribution >= 0.6 is 0 Å². The molecule has 0 spiro atoms. The number of halogens is 3. The third-order valence-electron chi connectivity index (χ3n) is 3.37. The Hall–Kier alpha value is -2.58. The molecule has 1 atom stereocenters. The van der Waals surface area contributed by atoms with Gasteiger partial charge in [-0.25, -0.2) is 18.0 Å². The Bertz CT molecular complexity index is 793. The maximum absolute atomic E-state index is 13.6. The van der Waals surface area contributed by atoms with Crippen LogP contribution in [-0.2, 0) is 0 Å². The molecular formula is C15H16F3N3O3. The zero-order valence-electron chi connectivity index (χ0n) is 13.2. The van der Waals surface area contributed by atoms with E-state index in [4.69, 9.17) is 0 Å². The van der Waals surface area contributed by atoms with Crippen LogP contribution < -0.4 is 11.1 Å². The number of carbonyl (C=O) groups excluding carboxylic acids is 1. The van der Waals surface area contributed by atoms with Crippen LogP contribution in [0.15, 0.2) is 27.5 Å². The monoisotopic (exact) mass is 343 g/mol. The molecule has 0 saturated carbocycles.